The lowest BCUT2D eigenvalue weighted by atomic mass is 9.88. The van der Waals surface area contributed by atoms with Crippen molar-refractivity contribution in [3.8, 4) is 0 Å². The van der Waals surface area contributed by atoms with E-state index in [4.69, 9.17) is 9.97 Å². The molecule has 184 valence electrons. The Labute approximate surface area is 201 Å². The molecule has 5 rings (SSSR count). The van der Waals surface area contributed by atoms with E-state index in [0.29, 0.717) is 60.3 Å². The van der Waals surface area contributed by atoms with Gasteiger partial charge < -0.3 is 15.1 Å². The number of aromatic nitrogens is 3. The van der Waals surface area contributed by atoms with E-state index >= 15 is 4.39 Å². The van der Waals surface area contributed by atoms with Crippen LogP contribution in [0.5, 0.6) is 0 Å². The molecular formula is C25H27F3N6O. The highest BCUT2D eigenvalue weighted by molar-refractivity contribution is 5.95. The molecule has 2 aliphatic rings. The predicted octanol–water partition coefficient (Wildman–Crippen LogP) is 4.51. The Morgan fingerprint density at radius 3 is 2.49 bits per heavy atom. The summed E-state index contributed by atoms with van der Waals surface area (Å²) in [6.07, 6.45) is 3.14. The van der Waals surface area contributed by atoms with Gasteiger partial charge in [-0.3, -0.25) is 4.79 Å². The SMILES string of the molecule is CN(C)C(=O)c1cc2nc(NC3CC3)c(N3CCC([C@H](F)c4ccc(F)cc4F)CC3)nc2cn1. The molecule has 3 aromatic rings. The third kappa shape index (κ3) is 4.87. The van der Waals surface area contributed by atoms with E-state index < -0.39 is 17.8 Å². The van der Waals surface area contributed by atoms with Crippen LogP contribution in [0.15, 0.2) is 30.5 Å². The van der Waals surface area contributed by atoms with Gasteiger partial charge in [-0.05, 0) is 43.7 Å². The summed E-state index contributed by atoms with van der Waals surface area (Å²) in [6.45, 7) is 1.05. The molecule has 0 radical (unpaired) electrons. The highest BCUT2D eigenvalue weighted by Crippen LogP contribution is 2.38. The fraction of sp³-hybridized carbons (Fsp3) is 0.440. The van der Waals surface area contributed by atoms with Gasteiger partial charge in [-0.15, -0.1) is 0 Å². The van der Waals surface area contributed by atoms with Crippen LogP contribution >= 0.6 is 0 Å². The number of nitrogens with zero attached hydrogens (tertiary/aromatic N) is 5. The van der Waals surface area contributed by atoms with Gasteiger partial charge in [-0.2, -0.15) is 0 Å². The first-order valence-electron chi connectivity index (χ1n) is 11.8. The number of fused-ring (bicyclic) bond motifs is 1. The Hall–Kier alpha value is -3.43. The molecule has 1 saturated carbocycles. The molecule has 1 amide bonds. The number of amides is 1. The van der Waals surface area contributed by atoms with E-state index in [0.717, 1.165) is 25.0 Å². The number of halogens is 3. The number of carbonyl (C=O) groups excluding carboxylic acids is 1. The largest absolute Gasteiger partial charge is 0.364 e. The molecule has 0 spiro atoms. The predicted molar refractivity (Wildman–Crippen MR) is 127 cm³/mol. The van der Waals surface area contributed by atoms with E-state index in [9.17, 15) is 13.6 Å². The van der Waals surface area contributed by atoms with Gasteiger partial charge in [0.25, 0.3) is 5.91 Å². The van der Waals surface area contributed by atoms with Gasteiger partial charge in [0.1, 0.15) is 29.0 Å². The van der Waals surface area contributed by atoms with Gasteiger partial charge in [-0.25, -0.2) is 28.1 Å². The Morgan fingerprint density at radius 1 is 1.09 bits per heavy atom. The molecule has 3 heterocycles. The maximum Gasteiger partial charge on any atom is 0.272 e. The molecule has 10 heteroatoms. The van der Waals surface area contributed by atoms with Gasteiger partial charge in [0.2, 0.25) is 0 Å². The van der Waals surface area contributed by atoms with E-state index in [1.165, 1.54) is 11.0 Å². The number of carbonyl (C=O) groups is 1. The second-order valence-electron chi connectivity index (χ2n) is 9.46. The molecule has 1 saturated heterocycles. The molecule has 7 nitrogen and oxygen atoms in total. The lowest BCUT2D eigenvalue weighted by Crippen LogP contribution is -2.36. The lowest BCUT2D eigenvalue weighted by molar-refractivity contribution is 0.0822. The Bertz CT molecular complexity index is 1260. The molecule has 1 aliphatic heterocycles. The van der Waals surface area contributed by atoms with Crippen molar-refractivity contribution in [2.75, 3.05) is 37.4 Å². The number of pyridine rings is 1. The maximum absolute atomic E-state index is 15.1. The third-order valence-electron chi connectivity index (χ3n) is 6.59. The molecule has 0 unspecified atom stereocenters. The quantitative estimate of drug-likeness (QED) is 0.555. The van der Waals surface area contributed by atoms with Crippen LogP contribution in [0.1, 0.15) is 47.9 Å². The van der Waals surface area contributed by atoms with Gasteiger partial charge in [0.05, 0.1) is 11.7 Å². The average molecular weight is 485 g/mol. The lowest BCUT2D eigenvalue weighted by Gasteiger charge is -2.35. The molecule has 2 fully saturated rings. The summed E-state index contributed by atoms with van der Waals surface area (Å²) in [5, 5.41) is 3.43. The molecule has 1 aliphatic carbocycles. The van der Waals surface area contributed by atoms with E-state index in [-0.39, 0.29) is 17.4 Å². The molecule has 1 aromatic carbocycles. The second-order valence-corrected chi connectivity index (χ2v) is 9.46. The van der Waals surface area contributed by atoms with Crippen LogP contribution in [0.3, 0.4) is 0 Å². The van der Waals surface area contributed by atoms with Crippen LogP contribution in [0, 0.1) is 17.6 Å². The number of piperidine rings is 1. The van der Waals surface area contributed by atoms with Crippen molar-refractivity contribution in [2.45, 2.75) is 37.9 Å². The third-order valence-corrected chi connectivity index (χ3v) is 6.59. The zero-order valence-electron chi connectivity index (χ0n) is 19.6. The van der Waals surface area contributed by atoms with Crippen LogP contribution in [0.4, 0.5) is 24.8 Å². The fourth-order valence-corrected chi connectivity index (χ4v) is 4.42. The van der Waals surface area contributed by atoms with Crippen LogP contribution in [-0.4, -0.2) is 59.0 Å². The van der Waals surface area contributed by atoms with Crippen molar-refractivity contribution in [3.05, 3.63) is 53.4 Å². The van der Waals surface area contributed by atoms with E-state index in [1.807, 2.05) is 0 Å². The molecule has 35 heavy (non-hydrogen) atoms. The highest BCUT2D eigenvalue weighted by Gasteiger charge is 2.32. The smallest absolute Gasteiger partial charge is 0.272 e. The summed E-state index contributed by atoms with van der Waals surface area (Å²) in [6, 6.07) is 4.98. The highest BCUT2D eigenvalue weighted by atomic mass is 19.1. The Kier molecular flexibility index (Phi) is 6.21. The first-order chi connectivity index (χ1) is 16.8. The summed E-state index contributed by atoms with van der Waals surface area (Å²) in [5.41, 5.74) is 1.34. The zero-order valence-corrected chi connectivity index (χ0v) is 19.6. The van der Waals surface area contributed by atoms with Gasteiger partial charge >= 0.3 is 0 Å². The zero-order chi connectivity index (χ0) is 24.7. The molecule has 2 aromatic heterocycles. The average Bonchev–Trinajstić information content (AvgIpc) is 3.66. The number of hydrogen-bond donors (Lipinski definition) is 1. The standard InChI is InChI=1S/C25H27F3N6O/c1-33(2)25(35)20-12-19-21(13-29-20)32-24(23(31-19)30-16-4-5-16)34-9-7-14(8-10-34)22(28)17-6-3-15(26)11-18(17)27/h3,6,11-14,16,22H,4-5,7-10H2,1-2H3,(H,30,31)/t22-/m0/s1. The first kappa shape index (κ1) is 23.3. The Morgan fingerprint density at radius 2 is 1.83 bits per heavy atom. The first-order valence-corrected chi connectivity index (χ1v) is 11.8. The topological polar surface area (TPSA) is 74.2 Å². The van der Waals surface area contributed by atoms with Crippen LogP contribution in [-0.2, 0) is 0 Å². The number of anilines is 2. The van der Waals surface area contributed by atoms with Gasteiger partial charge in [0, 0.05) is 44.9 Å². The summed E-state index contributed by atoms with van der Waals surface area (Å²) >= 11 is 0. The van der Waals surface area contributed by atoms with Gasteiger partial charge in [-0.1, -0.05) is 6.07 Å². The number of nitrogens with one attached hydrogen (secondary N) is 1. The van der Waals surface area contributed by atoms with Crippen LogP contribution in [0.2, 0.25) is 0 Å². The van der Waals surface area contributed by atoms with Crippen molar-refractivity contribution >= 4 is 28.6 Å². The molecular weight excluding hydrogens is 457 g/mol. The minimum Gasteiger partial charge on any atom is -0.364 e. The normalized spacial score (nSPS) is 17.5. The number of hydrogen-bond acceptors (Lipinski definition) is 6. The van der Waals surface area contributed by atoms with Gasteiger partial charge in [0.15, 0.2) is 11.6 Å². The number of benzene rings is 1. The summed E-state index contributed by atoms with van der Waals surface area (Å²) < 4.78 is 42.4. The monoisotopic (exact) mass is 484 g/mol. The van der Waals surface area contributed by atoms with Crippen molar-refractivity contribution in [1.29, 1.82) is 0 Å². The van der Waals surface area contributed by atoms with Crippen molar-refractivity contribution in [1.82, 2.24) is 19.9 Å². The van der Waals surface area contributed by atoms with Crippen LogP contribution < -0.4 is 10.2 Å². The number of alkyl halides is 1. The maximum atomic E-state index is 15.1. The van der Waals surface area contributed by atoms with Crippen molar-refractivity contribution < 1.29 is 18.0 Å². The number of rotatable bonds is 6. The second kappa shape index (κ2) is 9.31. The Balaban J connectivity index is 1.38. The molecule has 0 bridgehead atoms. The summed E-state index contributed by atoms with van der Waals surface area (Å²) in [5.74, 6) is -0.855. The van der Waals surface area contributed by atoms with E-state index in [2.05, 4.69) is 15.2 Å². The fourth-order valence-electron chi connectivity index (χ4n) is 4.42. The molecule has 1 N–H and O–H groups in total. The summed E-state index contributed by atoms with van der Waals surface area (Å²) in [4.78, 5) is 29.7. The molecule has 1 atom stereocenters. The minimum absolute atomic E-state index is 0.0967. The summed E-state index contributed by atoms with van der Waals surface area (Å²) in [7, 11) is 3.33. The van der Waals surface area contributed by atoms with Crippen molar-refractivity contribution in [3.63, 3.8) is 0 Å². The minimum atomic E-state index is -1.50. The van der Waals surface area contributed by atoms with E-state index in [1.54, 1.807) is 26.4 Å². The van der Waals surface area contributed by atoms with Crippen LogP contribution in [0.25, 0.3) is 11.0 Å². The van der Waals surface area contributed by atoms with Crippen molar-refractivity contribution in [2.24, 2.45) is 5.92 Å².